The fourth-order valence-corrected chi connectivity index (χ4v) is 6.47. The number of unbranched alkanes of at least 4 members (excludes halogenated alkanes) is 2. The van der Waals surface area contributed by atoms with Crippen molar-refractivity contribution in [2.45, 2.75) is 144 Å². The monoisotopic (exact) mass is 611 g/mol. The molecule has 1 aromatic rings. The van der Waals surface area contributed by atoms with Gasteiger partial charge in [-0.2, -0.15) is 12.6 Å². The number of allylic oxidation sites excluding steroid dienone is 4. The van der Waals surface area contributed by atoms with Crippen molar-refractivity contribution in [3.63, 3.8) is 0 Å². The number of hydrogen-bond donors (Lipinski definition) is 1. The lowest BCUT2D eigenvalue weighted by Crippen LogP contribution is -2.50. The van der Waals surface area contributed by atoms with Crippen LogP contribution in [0, 0.1) is 6.92 Å². The highest BCUT2D eigenvalue weighted by atomic mass is 32.1. The summed E-state index contributed by atoms with van der Waals surface area (Å²) < 4.78 is 0. The van der Waals surface area contributed by atoms with Crippen molar-refractivity contribution in [3.05, 3.63) is 82.2 Å². The molecule has 1 saturated heterocycles. The first kappa shape index (κ1) is 40.1. The van der Waals surface area contributed by atoms with Crippen molar-refractivity contribution < 1.29 is 4.79 Å². The van der Waals surface area contributed by atoms with Crippen LogP contribution in [0.15, 0.2) is 60.0 Å². The van der Waals surface area contributed by atoms with Crippen LogP contribution in [0.4, 0.5) is 0 Å². The minimum Gasteiger partial charge on any atom is -0.344 e. The number of fused-ring (bicyclic) bond motifs is 1. The number of carbonyl (C=O) groups is 1. The maximum Gasteiger partial charge on any atom is 0.116 e. The van der Waals surface area contributed by atoms with Gasteiger partial charge in [0.05, 0.1) is 11.3 Å². The number of thiocarbonyl (C=S) groups is 1. The first-order valence-electron chi connectivity index (χ1n) is 16.1. The van der Waals surface area contributed by atoms with E-state index in [1.54, 1.807) is 39.3 Å². The molecule has 3 atom stereocenters. The smallest absolute Gasteiger partial charge is 0.116 e. The van der Waals surface area contributed by atoms with E-state index in [9.17, 15) is 0 Å². The number of aldehydes is 1. The van der Waals surface area contributed by atoms with Gasteiger partial charge in [0.2, 0.25) is 0 Å². The van der Waals surface area contributed by atoms with Crippen molar-refractivity contribution in [1.82, 2.24) is 4.90 Å². The Morgan fingerprint density at radius 1 is 1.07 bits per heavy atom. The molecule has 4 heteroatoms. The van der Waals surface area contributed by atoms with Gasteiger partial charge in [0.15, 0.2) is 0 Å². The molecule has 1 aromatic carbocycles. The fourth-order valence-electron chi connectivity index (χ4n) is 6.11. The van der Waals surface area contributed by atoms with Crippen molar-refractivity contribution >= 4 is 36.5 Å². The predicted octanol–water partition coefficient (Wildman–Crippen LogP) is 11.5. The van der Waals surface area contributed by atoms with Crippen molar-refractivity contribution in [1.29, 1.82) is 0 Å². The van der Waals surface area contributed by atoms with Crippen molar-refractivity contribution in [2.75, 3.05) is 0 Å². The first-order chi connectivity index (χ1) is 20.1. The molecule has 0 N–H and O–H groups in total. The van der Waals surface area contributed by atoms with Crippen LogP contribution in [0.3, 0.4) is 0 Å². The molecule has 2 heterocycles. The van der Waals surface area contributed by atoms with Gasteiger partial charge in [-0.3, -0.25) is 0 Å². The average Bonchev–Trinajstić information content (AvgIpc) is 3.27. The lowest BCUT2D eigenvalue weighted by Gasteiger charge is -2.46. The van der Waals surface area contributed by atoms with Gasteiger partial charge < -0.3 is 9.69 Å². The summed E-state index contributed by atoms with van der Waals surface area (Å²) in [6, 6.07) is 5.58. The molecule has 236 valence electrons. The summed E-state index contributed by atoms with van der Waals surface area (Å²) >= 11 is 8.77. The Morgan fingerprint density at radius 3 is 2.14 bits per heavy atom. The number of thiol groups is 1. The molecule has 0 aromatic heterocycles. The first-order valence-corrected chi connectivity index (χ1v) is 17.1. The molecule has 4 rings (SSSR count). The van der Waals surface area contributed by atoms with Crippen LogP contribution in [0.1, 0.15) is 135 Å². The molecule has 0 radical (unpaired) electrons. The molecular weight excluding hydrogens is 551 g/mol. The van der Waals surface area contributed by atoms with E-state index in [2.05, 4.69) is 103 Å². The van der Waals surface area contributed by atoms with Gasteiger partial charge in [0.25, 0.3) is 0 Å². The minimum absolute atomic E-state index is 0.406. The van der Waals surface area contributed by atoms with Gasteiger partial charge in [-0.05, 0) is 126 Å². The summed E-state index contributed by atoms with van der Waals surface area (Å²) in [5.74, 6) is 0.665. The second-order valence-electron chi connectivity index (χ2n) is 11.3. The highest BCUT2D eigenvalue weighted by Gasteiger charge is 2.45. The minimum atomic E-state index is 0.406. The average molecular weight is 612 g/mol. The molecule has 0 amide bonds. The maximum atomic E-state index is 8.81. The summed E-state index contributed by atoms with van der Waals surface area (Å²) in [5.41, 5.74) is 12.1. The van der Waals surface area contributed by atoms with Crippen LogP contribution < -0.4 is 0 Å². The van der Waals surface area contributed by atoms with Gasteiger partial charge in [0.1, 0.15) is 6.29 Å². The van der Waals surface area contributed by atoms with Crippen LogP contribution in [-0.2, 0) is 17.6 Å². The predicted molar refractivity (Wildman–Crippen MR) is 196 cm³/mol. The van der Waals surface area contributed by atoms with Crippen LogP contribution in [-0.4, -0.2) is 27.8 Å². The normalized spacial score (nSPS) is 20.0. The lowest BCUT2D eigenvalue weighted by atomic mass is 9.80. The third-order valence-electron chi connectivity index (χ3n) is 8.03. The molecule has 42 heavy (non-hydrogen) atoms. The number of aryl methyl sites for hydroxylation is 3. The molecule has 3 unspecified atom stereocenters. The lowest BCUT2D eigenvalue weighted by molar-refractivity contribution is -0.106. The van der Waals surface area contributed by atoms with Crippen molar-refractivity contribution in [3.8, 4) is 0 Å². The number of nitrogens with zero attached hydrogens (tertiary/aromatic N) is 1. The van der Waals surface area contributed by atoms with Gasteiger partial charge in [0, 0.05) is 17.3 Å². The zero-order valence-electron chi connectivity index (χ0n) is 28.4. The SMILES string of the molecule is C=C1C(S)C2CC(CC)=C(C)N12.C=CC.CC=O.CC=S.CCCCCc1cc(C)c(C2C=C(C)CCC2)c(CC)c1. The Hall–Kier alpha value is -1.91. The van der Waals surface area contributed by atoms with Gasteiger partial charge in [-0.1, -0.05) is 82.3 Å². The van der Waals surface area contributed by atoms with Crippen LogP contribution in [0.25, 0.3) is 0 Å². The Kier molecular flexibility index (Phi) is 21.6. The Balaban J connectivity index is 0.000000670. The number of hydrogen-bond acceptors (Lipinski definition) is 4. The van der Waals surface area contributed by atoms with E-state index in [4.69, 9.17) is 4.79 Å². The van der Waals surface area contributed by atoms with E-state index in [0.717, 1.165) is 6.29 Å². The van der Waals surface area contributed by atoms with E-state index >= 15 is 0 Å². The molecule has 2 aliphatic heterocycles. The maximum absolute atomic E-state index is 8.81. The van der Waals surface area contributed by atoms with Gasteiger partial charge in [-0.15, -0.1) is 6.58 Å². The molecule has 1 fully saturated rings. The Bertz CT molecular complexity index is 1040. The van der Waals surface area contributed by atoms with Crippen LogP contribution >= 0.6 is 24.8 Å². The molecule has 0 bridgehead atoms. The van der Waals surface area contributed by atoms with Crippen LogP contribution in [0.2, 0.25) is 0 Å². The van der Waals surface area contributed by atoms with E-state index < -0.39 is 0 Å². The number of benzene rings is 1. The van der Waals surface area contributed by atoms with E-state index in [0.29, 0.717) is 17.2 Å². The van der Waals surface area contributed by atoms with Crippen molar-refractivity contribution in [2.24, 2.45) is 0 Å². The van der Waals surface area contributed by atoms with E-state index in [1.807, 2.05) is 13.8 Å². The third kappa shape index (κ3) is 12.4. The zero-order chi connectivity index (χ0) is 32.2. The van der Waals surface area contributed by atoms with E-state index in [1.165, 1.54) is 88.1 Å². The van der Waals surface area contributed by atoms with Gasteiger partial charge in [-0.25, -0.2) is 0 Å². The summed E-state index contributed by atoms with van der Waals surface area (Å²) in [4.78, 5) is 11.1. The van der Waals surface area contributed by atoms with E-state index in [-0.39, 0.29) is 0 Å². The second kappa shape index (κ2) is 22.6. The highest BCUT2D eigenvalue weighted by molar-refractivity contribution is 7.81. The topological polar surface area (TPSA) is 20.3 Å². The Labute approximate surface area is 271 Å². The molecule has 3 aliphatic rings. The summed E-state index contributed by atoms with van der Waals surface area (Å²) in [6.45, 7) is 26.2. The third-order valence-corrected chi connectivity index (χ3v) is 8.67. The zero-order valence-corrected chi connectivity index (χ0v) is 30.1. The largest absolute Gasteiger partial charge is 0.344 e. The summed E-state index contributed by atoms with van der Waals surface area (Å²) in [6.07, 6.45) is 17.8. The van der Waals surface area contributed by atoms with Gasteiger partial charge >= 0.3 is 0 Å². The molecule has 0 spiro atoms. The summed E-state index contributed by atoms with van der Waals surface area (Å²) in [7, 11) is 0. The fraction of sp³-hybridized carbons (Fsp3) is 0.579. The van der Waals surface area contributed by atoms with Crippen LogP contribution in [0.5, 0.6) is 0 Å². The highest BCUT2D eigenvalue weighted by Crippen LogP contribution is 2.46. The summed E-state index contributed by atoms with van der Waals surface area (Å²) in [5, 5.41) is 1.99. The molecule has 0 saturated carbocycles. The Morgan fingerprint density at radius 2 is 1.67 bits per heavy atom. The molecule has 1 aliphatic carbocycles. The second-order valence-corrected chi connectivity index (χ2v) is 12.3. The molecule has 2 nitrogen and oxygen atoms in total. The number of rotatable bonds is 7. The number of carbonyl (C=O) groups excluding carboxylic acids is 1. The molecular formula is C38H61NOS2. The standard InChI is InChI=1S/C21H32.C10H15NS.C3H6.C2H4O.C2H4S/c1-5-7-8-11-18-14-17(4)21(19(6-2)15-18)20-12-9-10-16(3)13-20;1-4-8-5-9-10(12)7(3)11(9)6(8)2;1-3-2;2*1-2-3/h13-15,20H,5-12H2,1-4H3;9-10,12H,3-5H2,1-2H3;3H,1H2,2H3;2*2H,1H3. The quantitative estimate of drug-likeness (QED) is 0.109.